The molecule has 2 nitrogen and oxygen atoms in total. The van der Waals surface area contributed by atoms with E-state index in [4.69, 9.17) is 6.42 Å². The fraction of sp³-hybridized carbons (Fsp3) is 0.0909. The van der Waals surface area contributed by atoms with Crippen molar-refractivity contribution in [1.82, 2.24) is 9.97 Å². The first kappa shape index (κ1) is 8.92. The Morgan fingerprint density at radius 1 is 1.43 bits per heavy atom. The lowest BCUT2D eigenvalue weighted by molar-refractivity contribution is 1.17. The number of nitrogens with zero attached hydrogens (tertiary/aromatic N) is 2. The summed E-state index contributed by atoms with van der Waals surface area (Å²) in [5.74, 6) is 2.57. The highest BCUT2D eigenvalue weighted by molar-refractivity contribution is 7.13. The molecule has 0 saturated carbocycles. The molecule has 0 radical (unpaired) electrons. The molecule has 0 atom stereocenters. The fourth-order valence-electron chi connectivity index (χ4n) is 1.10. The van der Waals surface area contributed by atoms with Gasteiger partial charge in [0.15, 0.2) is 0 Å². The van der Waals surface area contributed by atoms with Gasteiger partial charge in [-0.15, -0.1) is 23.7 Å². The summed E-state index contributed by atoms with van der Waals surface area (Å²) < 4.78 is 0. The molecule has 0 amide bonds. The van der Waals surface area contributed by atoms with Gasteiger partial charge in [0, 0.05) is 11.6 Å². The van der Waals surface area contributed by atoms with Crippen molar-refractivity contribution in [2.24, 2.45) is 0 Å². The molecule has 2 rings (SSSR count). The molecule has 0 saturated heterocycles. The van der Waals surface area contributed by atoms with E-state index in [1.165, 1.54) is 0 Å². The molecular weight excluding hydrogens is 192 g/mol. The highest BCUT2D eigenvalue weighted by Crippen LogP contribution is 2.21. The summed E-state index contributed by atoms with van der Waals surface area (Å²) in [7, 11) is 0. The van der Waals surface area contributed by atoms with E-state index in [2.05, 4.69) is 15.9 Å². The predicted octanol–water partition coefficient (Wildman–Crippen LogP) is 2.38. The van der Waals surface area contributed by atoms with E-state index in [-0.39, 0.29) is 0 Å². The third-order valence-corrected chi connectivity index (χ3v) is 2.63. The van der Waals surface area contributed by atoms with Crippen molar-refractivity contribution in [3.05, 3.63) is 35.5 Å². The number of thiazole rings is 1. The average Bonchev–Trinajstić information content (AvgIpc) is 2.68. The van der Waals surface area contributed by atoms with Crippen molar-refractivity contribution in [2.75, 3.05) is 0 Å². The first-order valence-electron chi connectivity index (χ1n) is 4.19. The van der Waals surface area contributed by atoms with Crippen LogP contribution in [0.1, 0.15) is 5.69 Å². The highest BCUT2D eigenvalue weighted by Gasteiger charge is 2.03. The zero-order chi connectivity index (χ0) is 9.80. The molecule has 0 unspecified atom stereocenters. The Kier molecular flexibility index (Phi) is 2.57. The lowest BCUT2D eigenvalue weighted by Gasteiger charge is -1.91. The molecule has 0 aromatic carbocycles. The van der Waals surface area contributed by atoms with Crippen LogP contribution in [0.4, 0.5) is 0 Å². The van der Waals surface area contributed by atoms with Crippen molar-refractivity contribution in [3.63, 3.8) is 0 Å². The molecule has 3 heteroatoms. The Bertz CT molecular complexity index is 454. The second kappa shape index (κ2) is 4.03. The Hall–Kier alpha value is -1.66. The molecule has 0 aliphatic rings. The number of rotatable bonds is 2. The molecule has 0 spiro atoms. The van der Waals surface area contributed by atoms with Crippen LogP contribution in [0.25, 0.3) is 10.7 Å². The molecule has 0 N–H and O–H groups in total. The summed E-state index contributed by atoms with van der Waals surface area (Å²) in [4.78, 5) is 8.60. The second-order valence-electron chi connectivity index (χ2n) is 2.74. The van der Waals surface area contributed by atoms with Crippen LogP contribution in [0.3, 0.4) is 0 Å². The minimum Gasteiger partial charge on any atom is -0.254 e. The van der Waals surface area contributed by atoms with Gasteiger partial charge in [0.2, 0.25) is 0 Å². The number of pyridine rings is 1. The first-order chi connectivity index (χ1) is 6.90. The first-order valence-corrected chi connectivity index (χ1v) is 5.07. The summed E-state index contributed by atoms with van der Waals surface area (Å²) >= 11 is 1.57. The van der Waals surface area contributed by atoms with Gasteiger partial charge in [-0.3, -0.25) is 4.98 Å². The van der Waals surface area contributed by atoms with Crippen LogP contribution in [0.5, 0.6) is 0 Å². The molecular formula is C11H8N2S. The Labute approximate surface area is 86.7 Å². The van der Waals surface area contributed by atoms with Gasteiger partial charge in [0.05, 0.1) is 17.8 Å². The van der Waals surface area contributed by atoms with Gasteiger partial charge in [-0.05, 0) is 12.1 Å². The fourth-order valence-corrected chi connectivity index (χ4v) is 1.89. The highest BCUT2D eigenvalue weighted by atomic mass is 32.1. The van der Waals surface area contributed by atoms with Gasteiger partial charge in [0.25, 0.3) is 0 Å². The summed E-state index contributed by atoms with van der Waals surface area (Å²) in [5, 5.41) is 2.90. The van der Waals surface area contributed by atoms with Crippen LogP contribution in [-0.4, -0.2) is 9.97 Å². The quantitative estimate of drug-likeness (QED) is 0.695. The van der Waals surface area contributed by atoms with Crippen LogP contribution in [0.2, 0.25) is 0 Å². The lowest BCUT2D eigenvalue weighted by Crippen LogP contribution is -1.83. The maximum Gasteiger partial charge on any atom is 0.142 e. The van der Waals surface area contributed by atoms with Gasteiger partial charge >= 0.3 is 0 Å². The molecule has 2 aromatic rings. The minimum absolute atomic E-state index is 0.587. The van der Waals surface area contributed by atoms with Crippen LogP contribution < -0.4 is 0 Å². The van der Waals surface area contributed by atoms with Crippen molar-refractivity contribution in [1.29, 1.82) is 0 Å². The molecule has 14 heavy (non-hydrogen) atoms. The zero-order valence-corrected chi connectivity index (χ0v) is 8.29. The predicted molar refractivity (Wildman–Crippen MR) is 57.9 cm³/mol. The number of aromatic nitrogens is 2. The van der Waals surface area contributed by atoms with Gasteiger partial charge in [-0.1, -0.05) is 6.07 Å². The minimum atomic E-state index is 0.587. The van der Waals surface area contributed by atoms with E-state index in [1.54, 1.807) is 17.5 Å². The third kappa shape index (κ3) is 1.81. The van der Waals surface area contributed by atoms with Gasteiger partial charge in [-0.25, -0.2) is 4.98 Å². The standard InChI is InChI=1S/C11H8N2S/c1-2-5-9-8-14-11(13-9)10-6-3-4-7-12-10/h1,3-4,6-8H,5H2. The Morgan fingerprint density at radius 2 is 2.36 bits per heavy atom. The number of terminal acetylenes is 1. The molecule has 2 aromatic heterocycles. The smallest absolute Gasteiger partial charge is 0.142 e. The van der Waals surface area contributed by atoms with Crippen LogP contribution >= 0.6 is 11.3 Å². The molecule has 0 fully saturated rings. The number of hydrogen-bond donors (Lipinski definition) is 0. The van der Waals surface area contributed by atoms with Crippen molar-refractivity contribution >= 4 is 11.3 Å². The average molecular weight is 200 g/mol. The summed E-state index contributed by atoms with van der Waals surface area (Å²) in [6.45, 7) is 0. The molecule has 68 valence electrons. The van der Waals surface area contributed by atoms with Gasteiger partial charge < -0.3 is 0 Å². The van der Waals surface area contributed by atoms with E-state index in [0.717, 1.165) is 16.4 Å². The Morgan fingerprint density at radius 3 is 3.07 bits per heavy atom. The SMILES string of the molecule is C#CCc1csc(-c2ccccn2)n1. The van der Waals surface area contributed by atoms with E-state index >= 15 is 0 Å². The summed E-state index contributed by atoms with van der Waals surface area (Å²) in [5.41, 5.74) is 1.85. The van der Waals surface area contributed by atoms with Crippen LogP contribution in [0, 0.1) is 12.3 Å². The van der Waals surface area contributed by atoms with Crippen molar-refractivity contribution < 1.29 is 0 Å². The van der Waals surface area contributed by atoms with E-state index in [0.29, 0.717) is 6.42 Å². The maximum absolute atomic E-state index is 5.21. The topological polar surface area (TPSA) is 25.8 Å². The molecule has 0 bridgehead atoms. The largest absolute Gasteiger partial charge is 0.254 e. The zero-order valence-electron chi connectivity index (χ0n) is 7.47. The molecule has 2 heterocycles. The van der Waals surface area contributed by atoms with Crippen molar-refractivity contribution in [2.45, 2.75) is 6.42 Å². The van der Waals surface area contributed by atoms with E-state index in [1.807, 2.05) is 23.6 Å². The van der Waals surface area contributed by atoms with Crippen LogP contribution in [-0.2, 0) is 6.42 Å². The monoisotopic (exact) mass is 200 g/mol. The molecule has 0 aliphatic heterocycles. The maximum atomic E-state index is 5.21. The van der Waals surface area contributed by atoms with E-state index in [9.17, 15) is 0 Å². The second-order valence-corrected chi connectivity index (χ2v) is 3.60. The van der Waals surface area contributed by atoms with Crippen molar-refractivity contribution in [3.8, 4) is 23.0 Å². The van der Waals surface area contributed by atoms with Gasteiger partial charge in [-0.2, -0.15) is 0 Å². The lowest BCUT2D eigenvalue weighted by atomic mass is 10.3. The Balaban J connectivity index is 2.31. The normalized spacial score (nSPS) is 9.64. The molecule has 0 aliphatic carbocycles. The number of hydrogen-bond acceptors (Lipinski definition) is 3. The summed E-state index contributed by atoms with van der Waals surface area (Å²) in [6.07, 6.45) is 7.56. The van der Waals surface area contributed by atoms with Crippen LogP contribution in [0.15, 0.2) is 29.8 Å². The third-order valence-electron chi connectivity index (χ3n) is 1.72. The van der Waals surface area contributed by atoms with Gasteiger partial charge in [0.1, 0.15) is 5.01 Å². The van der Waals surface area contributed by atoms with E-state index < -0.39 is 0 Å². The summed E-state index contributed by atoms with van der Waals surface area (Å²) in [6, 6.07) is 5.78.